The van der Waals surface area contributed by atoms with Crippen molar-refractivity contribution >= 4 is 17.1 Å². The van der Waals surface area contributed by atoms with Gasteiger partial charge in [0.25, 0.3) is 5.69 Å². The first-order chi connectivity index (χ1) is 9.02. The second kappa shape index (κ2) is 6.76. The van der Waals surface area contributed by atoms with Gasteiger partial charge in [-0.1, -0.05) is 0 Å². The summed E-state index contributed by atoms with van der Waals surface area (Å²) in [6, 6.07) is 7.80. The molecular formula is C12H13N5O2. The Balaban J connectivity index is 2.68. The largest absolute Gasteiger partial charge is 0.401 e. The highest BCUT2D eigenvalue weighted by Gasteiger charge is 2.02. The lowest BCUT2D eigenvalue weighted by atomic mass is 10.3. The lowest BCUT2D eigenvalue weighted by molar-refractivity contribution is -0.384. The third-order valence-electron chi connectivity index (χ3n) is 2.12. The molecule has 0 unspecified atom stereocenters. The molecule has 0 aromatic heterocycles. The summed E-state index contributed by atoms with van der Waals surface area (Å²) in [4.78, 5) is 10.0. The summed E-state index contributed by atoms with van der Waals surface area (Å²) in [6.07, 6.45) is 1.73. The van der Waals surface area contributed by atoms with Crippen LogP contribution in [0.1, 0.15) is 13.3 Å². The lowest BCUT2D eigenvalue weighted by Crippen LogP contribution is -2.01. The first kappa shape index (κ1) is 14.2. The number of nitriles is 1. The van der Waals surface area contributed by atoms with Crippen molar-refractivity contribution in [2.75, 3.05) is 5.43 Å². The van der Waals surface area contributed by atoms with Crippen LogP contribution in [0.5, 0.6) is 0 Å². The van der Waals surface area contributed by atoms with Crippen molar-refractivity contribution in [2.24, 2.45) is 10.8 Å². The van der Waals surface area contributed by atoms with Crippen molar-refractivity contribution in [3.05, 3.63) is 46.2 Å². The van der Waals surface area contributed by atoms with Crippen LogP contribution < -0.4 is 11.2 Å². The van der Waals surface area contributed by atoms with Crippen molar-refractivity contribution in [2.45, 2.75) is 13.3 Å². The first-order valence-corrected chi connectivity index (χ1v) is 5.40. The number of hydrazone groups is 1. The number of hydrogen-bond acceptors (Lipinski definition) is 6. The molecule has 0 aliphatic heterocycles. The summed E-state index contributed by atoms with van der Waals surface area (Å²) >= 11 is 0. The van der Waals surface area contributed by atoms with Crippen molar-refractivity contribution in [1.82, 2.24) is 0 Å². The molecule has 0 bridgehead atoms. The normalized spacial score (nSPS) is 11.8. The Morgan fingerprint density at radius 1 is 1.58 bits per heavy atom. The number of nitro benzene ring substituents is 1. The molecule has 0 aliphatic carbocycles. The second-order valence-electron chi connectivity index (χ2n) is 3.72. The second-order valence-corrected chi connectivity index (χ2v) is 3.72. The molecule has 0 heterocycles. The molecule has 0 saturated carbocycles. The van der Waals surface area contributed by atoms with Gasteiger partial charge in [-0.15, -0.1) is 0 Å². The highest BCUT2D eigenvalue weighted by molar-refractivity contribution is 5.93. The molecule has 98 valence electrons. The van der Waals surface area contributed by atoms with Crippen LogP contribution in [0.25, 0.3) is 0 Å². The minimum absolute atomic E-state index is 0.0180. The summed E-state index contributed by atoms with van der Waals surface area (Å²) in [7, 11) is 0. The minimum Gasteiger partial charge on any atom is -0.401 e. The molecule has 1 rings (SSSR count). The van der Waals surface area contributed by atoms with E-state index >= 15 is 0 Å². The van der Waals surface area contributed by atoms with E-state index in [1.807, 2.05) is 6.07 Å². The van der Waals surface area contributed by atoms with Crippen molar-refractivity contribution in [1.29, 1.82) is 5.26 Å². The number of hydrogen-bond donors (Lipinski definition) is 2. The number of allylic oxidation sites excluding steroid dienone is 2. The molecule has 0 fully saturated rings. The number of nitro groups is 1. The van der Waals surface area contributed by atoms with Gasteiger partial charge in [0.15, 0.2) is 0 Å². The number of nitrogens with one attached hydrogen (secondary N) is 1. The molecule has 1 aromatic rings. The molecule has 3 N–H and O–H groups in total. The maximum Gasteiger partial charge on any atom is 0.269 e. The zero-order valence-corrected chi connectivity index (χ0v) is 10.3. The molecule has 0 amide bonds. The molecule has 0 saturated heterocycles. The molecule has 7 heteroatoms. The van der Waals surface area contributed by atoms with Gasteiger partial charge in [0.2, 0.25) is 0 Å². The highest BCUT2D eigenvalue weighted by atomic mass is 16.6. The maximum atomic E-state index is 10.5. The molecule has 7 nitrogen and oxygen atoms in total. The smallest absolute Gasteiger partial charge is 0.269 e. The summed E-state index contributed by atoms with van der Waals surface area (Å²) in [5, 5.41) is 22.9. The van der Waals surface area contributed by atoms with Crippen LogP contribution in [0.4, 0.5) is 11.4 Å². The minimum atomic E-state index is -0.469. The van der Waals surface area contributed by atoms with Gasteiger partial charge in [0, 0.05) is 17.8 Å². The van der Waals surface area contributed by atoms with E-state index in [9.17, 15) is 10.1 Å². The van der Waals surface area contributed by atoms with E-state index in [4.69, 9.17) is 11.0 Å². The van der Waals surface area contributed by atoms with E-state index in [0.717, 1.165) is 0 Å². The SMILES string of the molecule is CC(/C=C(\N)CC#N)=N\Nc1ccc([N+](=O)[O-])cc1. The van der Waals surface area contributed by atoms with E-state index in [0.29, 0.717) is 17.1 Å². The topological polar surface area (TPSA) is 117 Å². The van der Waals surface area contributed by atoms with Gasteiger partial charge >= 0.3 is 0 Å². The van der Waals surface area contributed by atoms with E-state index < -0.39 is 4.92 Å². The van der Waals surface area contributed by atoms with Crippen LogP contribution in [0, 0.1) is 21.4 Å². The molecule has 0 aliphatic rings. The average Bonchev–Trinajstić information content (AvgIpc) is 2.37. The fourth-order valence-corrected chi connectivity index (χ4v) is 1.25. The third-order valence-corrected chi connectivity index (χ3v) is 2.12. The zero-order valence-electron chi connectivity index (χ0n) is 10.3. The van der Waals surface area contributed by atoms with Crippen LogP contribution in [-0.4, -0.2) is 10.6 Å². The Morgan fingerprint density at radius 3 is 2.74 bits per heavy atom. The Kier molecular flexibility index (Phi) is 5.04. The number of benzene rings is 1. The van der Waals surface area contributed by atoms with Crippen LogP contribution in [0.3, 0.4) is 0 Å². The fourth-order valence-electron chi connectivity index (χ4n) is 1.25. The van der Waals surface area contributed by atoms with Crippen LogP contribution >= 0.6 is 0 Å². The summed E-state index contributed by atoms with van der Waals surface area (Å²) in [5.74, 6) is 0. The maximum absolute atomic E-state index is 10.5. The van der Waals surface area contributed by atoms with Gasteiger partial charge in [-0.3, -0.25) is 15.5 Å². The summed E-state index contributed by atoms with van der Waals surface area (Å²) in [5.41, 5.74) is 9.97. The van der Waals surface area contributed by atoms with Crippen LogP contribution in [-0.2, 0) is 0 Å². The molecule has 19 heavy (non-hydrogen) atoms. The Bertz CT molecular complexity index is 554. The van der Waals surface area contributed by atoms with E-state index in [2.05, 4.69) is 10.5 Å². The number of non-ortho nitro benzene ring substituents is 1. The molecule has 0 atom stereocenters. The van der Waals surface area contributed by atoms with Gasteiger partial charge in [0.1, 0.15) is 0 Å². The van der Waals surface area contributed by atoms with Crippen molar-refractivity contribution in [3.63, 3.8) is 0 Å². The third kappa shape index (κ3) is 4.87. The molecule has 0 radical (unpaired) electrons. The van der Waals surface area contributed by atoms with Crippen LogP contribution in [0.15, 0.2) is 41.1 Å². The van der Waals surface area contributed by atoms with Crippen LogP contribution in [0.2, 0.25) is 0 Å². The predicted molar refractivity (Wildman–Crippen MR) is 72.3 cm³/mol. The summed E-state index contributed by atoms with van der Waals surface area (Å²) in [6.45, 7) is 1.72. The Morgan fingerprint density at radius 2 is 2.21 bits per heavy atom. The standard InChI is InChI=1S/C12H13N5O2/c1-9(8-10(14)6-7-13)15-16-11-2-4-12(5-3-11)17(18)19/h2-5,8,16H,6,14H2,1H3/b10-8-,15-9+. The first-order valence-electron chi connectivity index (χ1n) is 5.40. The van der Waals surface area contributed by atoms with E-state index in [1.54, 1.807) is 25.1 Å². The number of rotatable bonds is 5. The Labute approximate surface area is 110 Å². The predicted octanol–water partition coefficient (Wildman–Crippen LogP) is 2.14. The fraction of sp³-hybridized carbons (Fsp3) is 0.167. The van der Waals surface area contributed by atoms with Crippen molar-refractivity contribution < 1.29 is 4.92 Å². The molecular weight excluding hydrogens is 246 g/mol. The average molecular weight is 259 g/mol. The number of anilines is 1. The molecule has 0 spiro atoms. The van der Waals surface area contributed by atoms with Gasteiger partial charge in [0.05, 0.1) is 28.8 Å². The van der Waals surface area contributed by atoms with E-state index in [-0.39, 0.29) is 12.1 Å². The number of nitrogens with two attached hydrogens (primary N) is 1. The van der Waals surface area contributed by atoms with Gasteiger partial charge in [-0.05, 0) is 25.1 Å². The molecule has 1 aromatic carbocycles. The zero-order chi connectivity index (χ0) is 14.3. The quantitative estimate of drug-likeness (QED) is 0.477. The monoisotopic (exact) mass is 259 g/mol. The Hall–Kier alpha value is -2.88. The highest BCUT2D eigenvalue weighted by Crippen LogP contribution is 2.15. The van der Waals surface area contributed by atoms with Gasteiger partial charge < -0.3 is 5.73 Å². The van der Waals surface area contributed by atoms with Gasteiger partial charge in [-0.25, -0.2) is 0 Å². The number of nitrogens with zero attached hydrogens (tertiary/aromatic N) is 3. The van der Waals surface area contributed by atoms with Crippen molar-refractivity contribution in [3.8, 4) is 6.07 Å². The summed E-state index contributed by atoms with van der Waals surface area (Å²) < 4.78 is 0. The lowest BCUT2D eigenvalue weighted by Gasteiger charge is -2.01. The van der Waals surface area contributed by atoms with E-state index in [1.165, 1.54) is 12.1 Å². The van der Waals surface area contributed by atoms with Gasteiger partial charge in [-0.2, -0.15) is 10.4 Å².